The molecule has 1 aromatic heterocycles. The molecule has 2 aromatic carbocycles. The first-order chi connectivity index (χ1) is 11.4. The van der Waals surface area contributed by atoms with Gasteiger partial charge in [0.25, 0.3) is 0 Å². The summed E-state index contributed by atoms with van der Waals surface area (Å²) in [6.45, 7) is 0. The molecule has 0 amide bonds. The van der Waals surface area contributed by atoms with Crippen LogP contribution in [-0.4, -0.2) is 13.4 Å². The smallest absolute Gasteiger partial charge is 0.238 e. The second-order valence-electron chi connectivity index (χ2n) is 5.08. The van der Waals surface area contributed by atoms with Crippen LogP contribution in [-0.2, 0) is 10.0 Å². The maximum absolute atomic E-state index is 11.3. The van der Waals surface area contributed by atoms with E-state index in [-0.39, 0.29) is 4.90 Å². The minimum atomic E-state index is -3.69. The second-order valence-corrected chi connectivity index (χ2v) is 7.50. The average molecular weight is 404 g/mol. The Labute approximate surface area is 148 Å². The number of hydrogen-bond acceptors (Lipinski definition) is 4. The molecule has 3 N–H and O–H groups in total. The van der Waals surface area contributed by atoms with Crippen molar-refractivity contribution in [1.29, 1.82) is 0 Å². The van der Waals surface area contributed by atoms with Crippen molar-refractivity contribution < 1.29 is 8.42 Å². The molecule has 0 radical (unpaired) electrons. The molecule has 0 bridgehead atoms. The fourth-order valence-electron chi connectivity index (χ4n) is 2.20. The Morgan fingerprint density at radius 1 is 0.917 bits per heavy atom. The normalized spacial score (nSPS) is 11.2. The van der Waals surface area contributed by atoms with E-state index in [4.69, 9.17) is 5.14 Å². The summed E-state index contributed by atoms with van der Waals surface area (Å²) in [5.41, 5.74) is 2.54. The number of aromatic nitrogens is 1. The fourth-order valence-corrected chi connectivity index (χ4v) is 3.20. The Balaban J connectivity index is 1.86. The molecule has 0 unspecified atom stereocenters. The van der Waals surface area contributed by atoms with E-state index < -0.39 is 10.0 Å². The lowest BCUT2D eigenvalue weighted by Gasteiger charge is -2.09. The van der Waals surface area contributed by atoms with Crippen molar-refractivity contribution in [1.82, 2.24) is 4.98 Å². The summed E-state index contributed by atoms with van der Waals surface area (Å²) < 4.78 is 23.5. The maximum Gasteiger partial charge on any atom is 0.238 e. The van der Waals surface area contributed by atoms with E-state index in [2.05, 4.69) is 26.2 Å². The molecule has 0 saturated heterocycles. The Hall–Kier alpha value is -2.22. The predicted octanol–water partition coefficient (Wildman–Crippen LogP) is 3.90. The van der Waals surface area contributed by atoms with Gasteiger partial charge in [-0.15, -0.1) is 0 Å². The number of nitrogens with zero attached hydrogens (tertiary/aromatic N) is 1. The van der Waals surface area contributed by atoms with Gasteiger partial charge < -0.3 is 5.32 Å². The first-order valence-corrected chi connectivity index (χ1v) is 9.39. The van der Waals surface area contributed by atoms with Crippen molar-refractivity contribution in [2.75, 3.05) is 5.32 Å². The minimum Gasteiger partial charge on any atom is -0.340 e. The zero-order valence-corrected chi connectivity index (χ0v) is 14.9. The van der Waals surface area contributed by atoms with E-state index in [1.165, 1.54) is 12.1 Å². The van der Waals surface area contributed by atoms with Crippen LogP contribution in [0.15, 0.2) is 76.1 Å². The zero-order valence-electron chi connectivity index (χ0n) is 12.5. The third-order valence-electron chi connectivity index (χ3n) is 3.35. The Bertz CT molecular complexity index is 973. The van der Waals surface area contributed by atoms with Gasteiger partial charge in [-0.25, -0.2) is 18.5 Å². The first-order valence-electron chi connectivity index (χ1n) is 7.05. The molecule has 0 atom stereocenters. The van der Waals surface area contributed by atoms with Crippen LogP contribution in [0.4, 0.5) is 11.5 Å². The SMILES string of the molecule is NS(=O)(=O)c1ccc(Nc2cccc(-c3ccccc3Br)n2)cc1. The number of anilines is 2. The highest BCUT2D eigenvalue weighted by Gasteiger charge is 2.08. The number of primary sulfonamides is 1. The highest BCUT2D eigenvalue weighted by atomic mass is 79.9. The molecule has 0 spiro atoms. The summed E-state index contributed by atoms with van der Waals surface area (Å²) >= 11 is 3.52. The Morgan fingerprint density at radius 2 is 1.62 bits per heavy atom. The van der Waals surface area contributed by atoms with Gasteiger partial charge in [0.1, 0.15) is 5.82 Å². The molecule has 5 nitrogen and oxygen atoms in total. The van der Waals surface area contributed by atoms with Crippen molar-refractivity contribution in [3.63, 3.8) is 0 Å². The lowest BCUT2D eigenvalue weighted by atomic mass is 10.1. The number of benzene rings is 2. The Kier molecular flexibility index (Phi) is 4.66. The largest absolute Gasteiger partial charge is 0.340 e. The van der Waals surface area contributed by atoms with Crippen LogP contribution in [0.25, 0.3) is 11.3 Å². The molecule has 0 fully saturated rings. The third-order valence-corrected chi connectivity index (χ3v) is 4.97. The van der Waals surface area contributed by atoms with Crippen LogP contribution in [0.2, 0.25) is 0 Å². The number of halogens is 1. The molecular formula is C17H14BrN3O2S. The first kappa shape index (κ1) is 16.6. The van der Waals surface area contributed by atoms with Gasteiger partial charge in [-0.1, -0.05) is 40.2 Å². The summed E-state index contributed by atoms with van der Waals surface area (Å²) in [5.74, 6) is 0.659. The van der Waals surface area contributed by atoms with Crippen LogP contribution in [0.5, 0.6) is 0 Å². The van der Waals surface area contributed by atoms with E-state index in [0.29, 0.717) is 5.82 Å². The van der Waals surface area contributed by atoms with Crippen LogP contribution in [0.3, 0.4) is 0 Å². The van der Waals surface area contributed by atoms with Crippen LogP contribution < -0.4 is 10.5 Å². The minimum absolute atomic E-state index is 0.0722. The molecule has 0 saturated carbocycles. The van der Waals surface area contributed by atoms with Crippen LogP contribution >= 0.6 is 15.9 Å². The zero-order chi connectivity index (χ0) is 17.2. The van der Waals surface area contributed by atoms with Crippen molar-refractivity contribution in [2.45, 2.75) is 4.90 Å². The number of pyridine rings is 1. The van der Waals surface area contributed by atoms with Crippen molar-refractivity contribution in [3.05, 3.63) is 71.2 Å². The van der Waals surface area contributed by atoms with Gasteiger partial charge in [-0.05, 0) is 42.5 Å². The lowest BCUT2D eigenvalue weighted by Crippen LogP contribution is -2.11. The fraction of sp³-hybridized carbons (Fsp3) is 0. The number of nitrogens with one attached hydrogen (secondary N) is 1. The third kappa shape index (κ3) is 3.81. The van der Waals surface area contributed by atoms with Crippen LogP contribution in [0, 0.1) is 0 Å². The monoisotopic (exact) mass is 403 g/mol. The number of nitrogens with two attached hydrogens (primary N) is 1. The predicted molar refractivity (Wildman–Crippen MR) is 98.5 cm³/mol. The van der Waals surface area contributed by atoms with E-state index >= 15 is 0 Å². The van der Waals surface area contributed by atoms with E-state index in [9.17, 15) is 8.42 Å². The van der Waals surface area contributed by atoms with Gasteiger partial charge >= 0.3 is 0 Å². The van der Waals surface area contributed by atoms with Gasteiger partial charge in [0.15, 0.2) is 0 Å². The van der Waals surface area contributed by atoms with Gasteiger partial charge in [-0.2, -0.15) is 0 Å². The Morgan fingerprint density at radius 3 is 2.29 bits per heavy atom. The summed E-state index contributed by atoms with van der Waals surface area (Å²) in [5, 5.41) is 8.24. The molecule has 1 heterocycles. The van der Waals surface area contributed by atoms with E-state index in [0.717, 1.165) is 21.4 Å². The molecule has 24 heavy (non-hydrogen) atoms. The second kappa shape index (κ2) is 6.72. The van der Waals surface area contributed by atoms with Gasteiger partial charge in [0.05, 0.1) is 10.6 Å². The summed E-state index contributed by atoms with van der Waals surface area (Å²) in [6, 6.07) is 19.7. The van der Waals surface area contributed by atoms with Gasteiger partial charge in [0, 0.05) is 15.7 Å². The molecule has 3 aromatic rings. The molecule has 0 aliphatic carbocycles. The topological polar surface area (TPSA) is 85.1 Å². The number of hydrogen-bond donors (Lipinski definition) is 2. The summed E-state index contributed by atoms with van der Waals surface area (Å²) in [6.07, 6.45) is 0. The molecule has 122 valence electrons. The average Bonchev–Trinajstić information content (AvgIpc) is 2.55. The maximum atomic E-state index is 11.3. The van der Waals surface area contributed by atoms with Crippen LogP contribution in [0.1, 0.15) is 0 Å². The van der Waals surface area contributed by atoms with Crippen molar-refractivity contribution >= 4 is 37.5 Å². The summed E-state index contributed by atoms with van der Waals surface area (Å²) in [7, 11) is -3.69. The summed E-state index contributed by atoms with van der Waals surface area (Å²) in [4.78, 5) is 4.66. The molecule has 7 heteroatoms. The van der Waals surface area contributed by atoms with Gasteiger partial charge in [0.2, 0.25) is 10.0 Å². The lowest BCUT2D eigenvalue weighted by molar-refractivity contribution is 0.598. The van der Waals surface area contributed by atoms with Crippen molar-refractivity contribution in [2.24, 2.45) is 5.14 Å². The van der Waals surface area contributed by atoms with E-state index in [1.807, 2.05) is 42.5 Å². The highest BCUT2D eigenvalue weighted by molar-refractivity contribution is 9.10. The van der Waals surface area contributed by atoms with E-state index in [1.54, 1.807) is 12.1 Å². The van der Waals surface area contributed by atoms with Crippen molar-refractivity contribution in [3.8, 4) is 11.3 Å². The highest BCUT2D eigenvalue weighted by Crippen LogP contribution is 2.27. The quantitative estimate of drug-likeness (QED) is 0.691. The molecule has 0 aliphatic heterocycles. The molecule has 3 rings (SSSR count). The standard InChI is InChI=1S/C17H14BrN3O2S/c18-15-5-2-1-4-14(15)16-6-3-7-17(21-16)20-12-8-10-13(11-9-12)24(19,22)23/h1-11H,(H,20,21)(H2,19,22,23). The number of sulfonamides is 1. The molecular weight excluding hydrogens is 390 g/mol. The van der Waals surface area contributed by atoms with Gasteiger partial charge in [-0.3, -0.25) is 0 Å². The molecule has 0 aliphatic rings. The number of rotatable bonds is 4.